The van der Waals surface area contributed by atoms with Crippen molar-refractivity contribution in [3.05, 3.63) is 39.9 Å². The van der Waals surface area contributed by atoms with Crippen LogP contribution >= 0.6 is 0 Å². The van der Waals surface area contributed by atoms with Crippen LogP contribution in [-0.2, 0) is 26.0 Å². The molecule has 0 fully saturated rings. The molecule has 0 saturated carbocycles. The number of carbonyl (C=O) groups excluding carboxylic acids is 1. The van der Waals surface area contributed by atoms with E-state index in [2.05, 4.69) is 9.46 Å². The summed E-state index contributed by atoms with van der Waals surface area (Å²) in [6.45, 7) is 1.85. The third-order valence-electron chi connectivity index (χ3n) is 3.19. The lowest BCUT2D eigenvalue weighted by molar-refractivity contribution is -0.385. The van der Waals surface area contributed by atoms with Crippen molar-refractivity contribution in [3.8, 4) is 0 Å². The first-order valence-electron chi connectivity index (χ1n) is 7.10. The van der Waals surface area contributed by atoms with E-state index in [0.29, 0.717) is 12.8 Å². The van der Waals surface area contributed by atoms with Crippen LogP contribution in [0.4, 0.5) is 5.69 Å². The molecular weight excluding hydrogens is 324 g/mol. The molecular formula is C14H20N2O6S. The van der Waals surface area contributed by atoms with Gasteiger partial charge >= 0.3 is 5.97 Å². The highest BCUT2D eigenvalue weighted by Crippen LogP contribution is 2.19. The number of carbonyl (C=O) groups is 1. The minimum absolute atomic E-state index is 0.117. The van der Waals surface area contributed by atoms with Crippen LogP contribution in [0, 0.1) is 10.1 Å². The van der Waals surface area contributed by atoms with Gasteiger partial charge < -0.3 is 4.74 Å². The van der Waals surface area contributed by atoms with Gasteiger partial charge in [-0.3, -0.25) is 14.9 Å². The summed E-state index contributed by atoms with van der Waals surface area (Å²) in [5.74, 6) is -0.906. The van der Waals surface area contributed by atoms with Crippen LogP contribution in [0.5, 0.6) is 0 Å². The fraction of sp³-hybridized carbons (Fsp3) is 0.500. The smallest absolute Gasteiger partial charge is 0.324 e. The van der Waals surface area contributed by atoms with Crippen LogP contribution in [0.2, 0.25) is 0 Å². The third kappa shape index (κ3) is 5.95. The Balaban J connectivity index is 3.01. The summed E-state index contributed by atoms with van der Waals surface area (Å²) in [6, 6.07) is 4.66. The monoisotopic (exact) mass is 344 g/mol. The first-order valence-corrected chi connectivity index (χ1v) is 8.76. The van der Waals surface area contributed by atoms with E-state index in [0.717, 1.165) is 7.11 Å². The number of methoxy groups -OCH3 is 1. The van der Waals surface area contributed by atoms with Crippen LogP contribution in [0.15, 0.2) is 24.3 Å². The number of para-hydroxylation sites is 1. The standard InChI is InChI=1S/C14H20N2O6S/c1-3-4-9-23(20,21)15-12(14(17)22-2)10-11-7-5-6-8-13(11)16(18)19/h5-8,12,15H,3-4,9-10H2,1-2H3. The number of nitro benzene ring substituents is 1. The molecule has 0 heterocycles. The number of esters is 1. The minimum Gasteiger partial charge on any atom is -0.468 e. The Kier molecular flexibility index (Phi) is 7.11. The topological polar surface area (TPSA) is 116 Å². The van der Waals surface area contributed by atoms with E-state index in [-0.39, 0.29) is 23.4 Å². The summed E-state index contributed by atoms with van der Waals surface area (Å²) in [6.07, 6.45) is 0.984. The first-order chi connectivity index (χ1) is 10.8. The highest BCUT2D eigenvalue weighted by Gasteiger charge is 2.27. The molecule has 0 bridgehead atoms. The quantitative estimate of drug-likeness (QED) is 0.411. The van der Waals surface area contributed by atoms with Crippen molar-refractivity contribution >= 4 is 21.7 Å². The van der Waals surface area contributed by atoms with Gasteiger partial charge in [0.15, 0.2) is 0 Å². The van der Waals surface area contributed by atoms with Crippen molar-refractivity contribution in [1.82, 2.24) is 4.72 Å². The average molecular weight is 344 g/mol. The predicted octanol–water partition coefficient (Wildman–Crippen LogP) is 1.40. The fourth-order valence-electron chi connectivity index (χ4n) is 2.01. The summed E-state index contributed by atoms with van der Waals surface area (Å²) in [5.41, 5.74) is 0.0836. The Labute approximate surface area is 135 Å². The Morgan fingerprint density at radius 1 is 1.39 bits per heavy atom. The Hall–Kier alpha value is -2.00. The Morgan fingerprint density at radius 2 is 2.04 bits per heavy atom. The van der Waals surface area contributed by atoms with Gasteiger partial charge in [-0.1, -0.05) is 31.5 Å². The summed E-state index contributed by atoms with van der Waals surface area (Å²) >= 11 is 0. The zero-order valence-corrected chi connectivity index (χ0v) is 13.8. The zero-order valence-electron chi connectivity index (χ0n) is 13.0. The summed E-state index contributed by atoms with van der Waals surface area (Å²) in [4.78, 5) is 22.3. The largest absolute Gasteiger partial charge is 0.468 e. The van der Waals surface area contributed by atoms with E-state index in [1.54, 1.807) is 6.07 Å². The van der Waals surface area contributed by atoms with E-state index in [1.165, 1.54) is 18.2 Å². The van der Waals surface area contributed by atoms with Gasteiger partial charge in [-0.05, 0) is 6.42 Å². The molecule has 1 aromatic carbocycles. The van der Waals surface area contributed by atoms with Crippen molar-refractivity contribution in [3.63, 3.8) is 0 Å². The molecule has 0 aliphatic rings. The average Bonchev–Trinajstić information content (AvgIpc) is 2.51. The number of unbranched alkanes of at least 4 members (excludes halogenated alkanes) is 1. The lowest BCUT2D eigenvalue weighted by Gasteiger charge is -2.16. The van der Waals surface area contributed by atoms with Gasteiger partial charge in [0.1, 0.15) is 6.04 Å². The molecule has 1 rings (SSSR count). The van der Waals surface area contributed by atoms with E-state index >= 15 is 0 Å². The molecule has 0 spiro atoms. The molecule has 1 unspecified atom stereocenters. The number of nitrogens with one attached hydrogen (secondary N) is 1. The molecule has 8 nitrogen and oxygen atoms in total. The minimum atomic E-state index is -3.67. The van der Waals surface area contributed by atoms with Crippen molar-refractivity contribution in [2.24, 2.45) is 0 Å². The summed E-state index contributed by atoms with van der Waals surface area (Å²) in [7, 11) is -2.54. The number of nitro groups is 1. The van der Waals surface area contributed by atoms with Gasteiger partial charge in [-0.15, -0.1) is 0 Å². The fourth-order valence-corrected chi connectivity index (χ4v) is 3.41. The van der Waals surface area contributed by atoms with Crippen LogP contribution < -0.4 is 4.72 Å². The van der Waals surface area contributed by atoms with Gasteiger partial charge in [-0.25, -0.2) is 13.1 Å². The maximum Gasteiger partial charge on any atom is 0.324 e. The highest BCUT2D eigenvalue weighted by molar-refractivity contribution is 7.89. The van der Waals surface area contributed by atoms with Gasteiger partial charge in [-0.2, -0.15) is 0 Å². The molecule has 1 N–H and O–H groups in total. The molecule has 0 aliphatic carbocycles. The number of hydrogen-bond acceptors (Lipinski definition) is 6. The number of hydrogen-bond donors (Lipinski definition) is 1. The normalized spacial score (nSPS) is 12.6. The molecule has 0 saturated heterocycles. The van der Waals surface area contributed by atoms with E-state index in [4.69, 9.17) is 0 Å². The van der Waals surface area contributed by atoms with Crippen LogP contribution in [0.25, 0.3) is 0 Å². The number of benzene rings is 1. The summed E-state index contributed by atoms with van der Waals surface area (Å²) < 4.78 is 30.8. The maximum absolute atomic E-state index is 12.0. The van der Waals surface area contributed by atoms with E-state index in [9.17, 15) is 23.3 Å². The van der Waals surface area contributed by atoms with Crippen LogP contribution in [0.1, 0.15) is 25.3 Å². The highest BCUT2D eigenvalue weighted by atomic mass is 32.2. The summed E-state index contributed by atoms with van der Waals surface area (Å²) in [5, 5.41) is 11.0. The molecule has 128 valence electrons. The van der Waals surface area contributed by atoms with Crippen LogP contribution in [0.3, 0.4) is 0 Å². The molecule has 0 amide bonds. The molecule has 23 heavy (non-hydrogen) atoms. The van der Waals surface area contributed by atoms with Crippen molar-refractivity contribution in [1.29, 1.82) is 0 Å². The SMILES string of the molecule is CCCCS(=O)(=O)NC(Cc1ccccc1[N+](=O)[O-])C(=O)OC. The van der Waals surface area contributed by atoms with Crippen molar-refractivity contribution in [2.45, 2.75) is 32.2 Å². The van der Waals surface area contributed by atoms with Gasteiger partial charge in [0.2, 0.25) is 10.0 Å². The second kappa shape index (κ2) is 8.59. The predicted molar refractivity (Wildman–Crippen MR) is 84.4 cm³/mol. The number of rotatable bonds is 9. The lowest BCUT2D eigenvalue weighted by atomic mass is 10.0. The van der Waals surface area contributed by atoms with Crippen molar-refractivity contribution in [2.75, 3.05) is 12.9 Å². The maximum atomic E-state index is 12.0. The molecule has 1 atom stereocenters. The number of ether oxygens (including phenoxy) is 1. The third-order valence-corrected chi connectivity index (χ3v) is 4.66. The Morgan fingerprint density at radius 3 is 2.61 bits per heavy atom. The van der Waals surface area contributed by atoms with Gasteiger partial charge in [0.05, 0.1) is 17.8 Å². The van der Waals surface area contributed by atoms with E-state index in [1.807, 2.05) is 6.92 Å². The van der Waals surface area contributed by atoms with Crippen molar-refractivity contribution < 1.29 is 22.9 Å². The number of sulfonamides is 1. The molecule has 0 aliphatic heterocycles. The Bertz CT molecular complexity index is 659. The van der Waals surface area contributed by atoms with E-state index < -0.39 is 27.0 Å². The van der Waals surface area contributed by atoms with Gasteiger partial charge in [0.25, 0.3) is 5.69 Å². The second-order valence-electron chi connectivity index (χ2n) is 4.96. The lowest BCUT2D eigenvalue weighted by Crippen LogP contribution is -2.44. The zero-order chi connectivity index (χ0) is 17.5. The molecule has 1 aromatic rings. The molecule has 0 radical (unpaired) electrons. The molecule has 9 heteroatoms. The van der Waals surface area contributed by atoms with Crippen LogP contribution in [-0.4, -0.2) is 38.2 Å². The molecule has 0 aromatic heterocycles. The second-order valence-corrected chi connectivity index (χ2v) is 6.83. The number of nitrogens with zero attached hydrogens (tertiary/aromatic N) is 1. The first kappa shape index (κ1) is 19.0. The van der Waals surface area contributed by atoms with Gasteiger partial charge in [0, 0.05) is 18.1 Å².